The van der Waals surface area contributed by atoms with Crippen LogP contribution in [0.3, 0.4) is 0 Å². The Balaban J connectivity index is 1.46. The van der Waals surface area contributed by atoms with Crippen LogP contribution in [0.25, 0.3) is 0 Å². The number of carbonyl (C=O) groups is 2. The molecule has 1 atom stereocenters. The Bertz CT molecular complexity index is 695. The highest BCUT2D eigenvalue weighted by Gasteiger charge is 2.27. The molecule has 2 N–H and O–H groups in total. The first kappa shape index (κ1) is 16.1. The SMILES string of the molecule is O=C(NCCNC(=O)c1ncoc1C1CCCO1)c1cccnc1. The molecule has 2 aromatic rings. The van der Waals surface area contributed by atoms with Gasteiger partial charge >= 0.3 is 0 Å². The van der Waals surface area contributed by atoms with Gasteiger partial charge in [-0.25, -0.2) is 4.98 Å². The smallest absolute Gasteiger partial charge is 0.273 e. The number of rotatable bonds is 6. The van der Waals surface area contributed by atoms with Crippen molar-refractivity contribution in [3.8, 4) is 0 Å². The molecule has 8 nitrogen and oxygen atoms in total. The summed E-state index contributed by atoms with van der Waals surface area (Å²) in [6, 6.07) is 3.36. The molecule has 0 bridgehead atoms. The second-order valence-corrected chi connectivity index (χ2v) is 5.32. The fourth-order valence-corrected chi connectivity index (χ4v) is 2.47. The third-order valence-corrected chi connectivity index (χ3v) is 3.65. The van der Waals surface area contributed by atoms with Gasteiger partial charge in [-0.3, -0.25) is 14.6 Å². The summed E-state index contributed by atoms with van der Waals surface area (Å²) in [4.78, 5) is 31.9. The Kier molecular flexibility index (Phi) is 5.17. The Labute approximate surface area is 138 Å². The topological polar surface area (TPSA) is 106 Å². The van der Waals surface area contributed by atoms with Crippen molar-refractivity contribution in [2.75, 3.05) is 19.7 Å². The van der Waals surface area contributed by atoms with Crippen LogP contribution in [0, 0.1) is 0 Å². The van der Waals surface area contributed by atoms with Crippen LogP contribution >= 0.6 is 0 Å². The number of pyridine rings is 1. The van der Waals surface area contributed by atoms with Crippen molar-refractivity contribution < 1.29 is 18.7 Å². The summed E-state index contributed by atoms with van der Waals surface area (Å²) in [5, 5.41) is 5.42. The van der Waals surface area contributed by atoms with Gasteiger partial charge in [0.15, 0.2) is 17.8 Å². The van der Waals surface area contributed by atoms with Gasteiger partial charge in [-0.1, -0.05) is 0 Å². The first-order valence-electron chi connectivity index (χ1n) is 7.77. The standard InChI is InChI=1S/C16H18N4O4/c21-15(11-3-1-5-17-9-11)18-6-7-19-16(22)13-14(24-10-20-13)12-4-2-8-23-12/h1,3,5,9-10,12H,2,4,6-8H2,(H,18,21)(H,19,22). The molecule has 1 saturated heterocycles. The van der Waals surface area contributed by atoms with E-state index in [-0.39, 0.29) is 30.2 Å². The van der Waals surface area contributed by atoms with E-state index in [0.717, 1.165) is 12.8 Å². The summed E-state index contributed by atoms with van der Waals surface area (Å²) in [6.45, 7) is 1.24. The van der Waals surface area contributed by atoms with Crippen LogP contribution in [0.15, 0.2) is 35.3 Å². The minimum atomic E-state index is -0.343. The highest BCUT2D eigenvalue weighted by atomic mass is 16.5. The number of hydrogen-bond acceptors (Lipinski definition) is 6. The number of nitrogens with zero attached hydrogens (tertiary/aromatic N) is 2. The third kappa shape index (κ3) is 3.77. The molecule has 0 spiro atoms. The van der Waals surface area contributed by atoms with Gasteiger partial charge in [0, 0.05) is 32.1 Å². The Hall–Kier alpha value is -2.74. The second kappa shape index (κ2) is 7.69. The molecule has 126 valence electrons. The van der Waals surface area contributed by atoms with Gasteiger partial charge in [-0.2, -0.15) is 0 Å². The van der Waals surface area contributed by atoms with Gasteiger partial charge in [0.25, 0.3) is 11.8 Å². The number of nitrogens with one attached hydrogen (secondary N) is 2. The van der Waals surface area contributed by atoms with E-state index in [1.807, 2.05) is 0 Å². The largest absolute Gasteiger partial charge is 0.445 e. The van der Waals surface area contributed by atoms with E-state index in [1.54, 1.807) is 18.3 Å². The lowest BCUT2D eigenvalue weighted by atomic mass is 10.1. The van der Waals surface area contributed by atoms with Gasteiger partial charge in [-0.15, -0.1) is 0 Å². The molecular formula is C16H18N4O4. The number of ether oxygens (including phenoxy) is 1. The molecule has 0 aliphatic carbocycles. The van der Waals surface area contributed by atoms with Gasteiger partial charge < -0.3 is 19.8 Å². The molecule has 2 aromatic heterocycles. The fraction of sp³-hybridized carbons (Fsp3) is 0.375. The quantitative estimate of drug-likeness (QED) is 0.768. The zero-order valence-electron chi connectivity index (χ0n) is 13.0. The molecule has 1 unspecified atom stereocenters. The molecule has 1 aliphatic heterocycles. The monoisotopic (exact) mass is 330 g/mol. The van der Waals surface area contributed by atoms with Crippen LogP contribution < -0.4 is 10.6 Å². The fourth-order valence-electron chi connectivity index (χ4n) is 2.47. The van der Waals surface area contributed by atoms with Crippen molar-refractivity contribution in [3.05, 3.63) is 47.9 Å². The average Bonchev–Trinajstić information content (AvgIpc) is 3.29. The first-order valence-corrected chi connectivity index (χ1v) is 7.77. The van der Waals surface area contributed by atoms with Crippen molar-refractivity contribution >= 4 is 11.8 Å². The highest BCUT2D eigenvalue weighted by molar-refractivity contribution is 5.94. The van der Waals surface area contributed by atoms with Gasteiger partial charge in [-0.05, 0) is 25.0 Å². The molecule has 0 aromatic carbocycles. The van der Waals surface area contributed by atoms with Crippen LogP contribution in [-0.2, 0) is 4.74 Å². The van der Waals surface area contributed by atoms with Crippen LogP contribution in [0.1, 0.15) is 45.6 Å². The maximum atomic E-state index is 12.2. The van der Waals surface area contributed by atoms with Gasteiger partial charge in [0.1, 0.15) is 6.10 Å². The minimum absolute atomic E-state index is 0.210. The first-order chi connectivity index (χ1) is 11.8. The van der Waals surface area contributed by atoms with E-state index in [4.69, 9.17) is 9.15 Å². The van der Waals surface area contributed by atoms with E-state index in [1.165, 1.54) is 12.6 Å². The lowest BCUT2D eigenvalue weighted by molar-refractivity contribution is 0.0859. The van der Waals surface area contributed by atoms with Crippen LogP contribution in [0.4, 0.5) is 0 Å². The zero-order valence-corrected chi connectivity index (χ0v) is 13.0. The average molecular weight is 330 g/mol. The van der Waals surface area contributed by atoms with Crippen molar-refractivity contribution in [1.29, 1.82) is 0 Å². The summed E-state index contributed by atoms with van der Waals surface area (Å²) in [7, 11) is 0. The normalized spacial score (nSPS) is 16.8. The summed E-state index contributed by atoms with van der Waals surface area (Å²) in [6.07, 6.45) is 5.87. The molecule has 2 amide bonds. The van der Waals surface area contributed by atoms with Crippen LogP contribution in [0.5, 0.6) is 0 Å². The predicted octanol–water partition coefficient (Wildman–Crippen LogP) is 1.08. The summed E-state index contributed by atoms with van der Waals surface area (Å²) in [5.74, 6) is -0.117. The number of carbonyl (C=O) groups excluding carboxylic acids is 2. The summed E-state index contributed by atoms with van der Waals surface area (Å²) >= 11 is 0. The molecule has 8 heteroatoms. The number of hydrogen-bond donors (Lipinski definition) is 2. The van der Waals surface area contributed by atoms with E-state index in [9.17, 15) is 9.59 Å². The highest BCUT2D eigenvalue weighted by Crippen LogP contribution is 2.30. The molecule has 3 rings (SSSR count). The Morgan fingerprint density at radius 1 is 1.25 bits per heavy atom. The molecule has 24 heavy (non-hydrogen) atoms. The van der Waals surface area contributed by atoms with Crippen LogP contribution in [0.2, 0.25) is 0 Å². The number of amides is 2. The van der Waals surface area contributed by atoms with E-state index < -0.39 is 0 Å². The molecule has 3 heterocycles. The van der Waals surface area contributed by atoms with E-state index in [0.29, 0.717) is 24.5 Å². The van der Waals surface area contributed by atoms with E-state index in [2.05, 4.69) is 20.6 Å². The third-order valence-electron chi connectivity index (χ3n) is 3.65. The number of oxazole rings is 1. The molecular weight excluding hydrogens is 312 g/mol. The molecule has 1 aliphatic rings. The molecule has 0 saturated carbocycles. The van der Waals surface area contributed by atoms with Crippen molar-refractivity contribution in [2.45, 2.75) is 18.9 Å². The summed E-state index contributed by atoms with van der Waals surface area (Å²) in [5.41, 5.74) is 0.710. The minimum Gasteiger partial charge on any atom is -0.445 e. The molecule has 0 radical (unpaired) electrons. The Morgan fingerprint density at radius 3 is 2.79 bits per heavy atom. The maximum absolute atomic E-state index is 12.2. The lowest BCUT2D eigenvalue weighted by Crippen LogP contribution is -2.35. The summed E-state index contributed by atoms with van der Waals surface area (Å²) < 4.78 is 10.8. The molecule has 1 fully saturated rings. The van der Waals surface area contributed by atoms with Gasteiger partial charge in [0.2, 0.25) is 0 Å². The number of aromatic nitrogens is 2. The van der Waals surface area contributed by atoms with Crippen molar-refractivity contribution in [3.63, 3.8) is 0 Å². The van der Waals surface area contributed by atoms with Gasteiger partial charge in [0.05, 0.1) is 5.56 Å². The van der Waals surface area contributed by atoms with Crippen molar-refractivity contribution in [2.24, 2.45) is 0 Å². The van der Waals surface area contributed by atoms with Crippen molar-refractivity contribution in [1.82, 2.24) is 20.6 Å². The van der Waals surface area contributed by atoms with E-state index >= 15 is 0 Å². The second-order valence-electron chi connectivity index (χ2n) is 5.32. The zero-order chi connectivity index (χ0) is 16.8. The van der Waals surface area contributed by atoms with Crippen LogP contribution in [-0.4, -0.2) is 41.5 Å². The lowest BCUT2D eigenvalue weighted by Gasteiger charge is -2.09. The Morgan fingerprint density at radius 2 is 2.08 bits per heavy atom. The maximum Gasteiger partial charge on any atom is 0.273 e. The predicted molar refractivity (Wildman–Crippen MR) is 83.3 cm³/mol.